The average Bonchev–Trinajstić information content (AvgIpc) is 2.24. The zero-order valence-electron chi connectivity index (χ0n) is 11.8. The largest absolute Gasteiger partial charge is 0.415 e. The Labute approximate surface area is 99.9 Å². The van der Waals surface area contributed by atoms with E-state index in [2.05, 4.69) is 47.3 Å². The molecule has 0 aromatic heterocycles. The first-order chi connectivity index (χ1) is 6.87. The van der Waals surface area contributed by atoms with Crippen molar-refractivity contribution in [3.8, 4) is 0 Å². The molecule has 1 nitrogen and oxygen atoms in total. The summed E-state index contributed by atoms with van der Waals surface area (Å²) in [7, 11) is -1.56. The van der Waals surface area contributed by atoms with Crippen molar-refractivity contribution < 1.29 is 4.43 Å². The fourth-order valence-electron chi connectivity index (χ4n) is 2.12. The second-order valence-electron chi connectivity index (χ2n) is 5.26. The predicted octanol–water partition coefficient (Wildman–Crippen LogP) is 3.74. The van der Waals surface area contributed by atoms with Gasteiger partial charge >= 0.3 is 0 Å². The van der Waals surface area contributed by atoms with Crippen molar-refractivity contribution in [1.82, 2.24) is 0 Å². The standard InChI is InChI=1S/C12H30OSi2/c1-8-11(4)15(6,7)13-12(9-2,10-3)14-5/h11H,8-10,14H2,1-7H3. The summed E-state index contributed by atoms with van der Waals surface area (Å²) in [5, 5.41) is 0.291. The Morgan fingerprint density at radius 1 is 1.20 bits per heavy atom. The van der Waals surface area contributed by atoms with E-state index in [4.69, 9.17) is 4.43 Å². The third kappa shape index (κ3) is 4.04. The third-order valence-corrected chi connectivity index (χ3v) is 10.7. The summed E-state index contributed by atoms with van der Waals surface area (Å²) >= 11 is 0. The Bertz CT molecular complexity index is 168. The Kier molecular flexibility index (Phi) is 6.37. The number of rotatable bonds is 7. The minimum Gasteiger partial charge on any atom is -0.415 e. The van der Waals surface area contributed by atoms with E-state index in [-0.39, 0.29) is 9.52 Å². The van der Waals surface area contributed by atoms with Crippen LogP contribution in [0.2, 0.25) is 25.2 Å². The molecule has 0 amide bonds. The molecule has 0 aliphatic rings. The summed E-state index contributed by atoms with van der Waals surface area (Å²) in [6.45, 7) is 16.4. The fourth-order valence-corrected chi connectivity index (χ4v) is 7.40. The predicted molar refractivity (Wildman–Crippen MR) is 76.0 cm³/mol. The van der Waals surface area contributed by atoms with E-state index in [1.54, 1.807) is 0 Å². The Morgan fingerprint density at radius 2 is 1.67 bits per heavy atom. The van der Waals surface area contributed by atoms with Gasteiger partial charge in [0.05, 0.1) is 9.52 Å². The molecule has 92 valence electrons. The van der Waals surface area contributed by atoms with Gasteiger partial charge in [-0.15, -0.1) is 0 Å². The van der Waals surface area contributed by atoms with E-state index in [1.807, 2.05) is 0 Å². The zero-order chi connectivity index (χ0) is 12.1. The molecule has 0 aromatic carbocycles. The summed E-state index contributed by atoms with van der Waals surface area (Å²) in [5.41, 5.74) is 0.774. The Hall–Kier alpha value is 0.394. The van der Waals surface area contributed by atoms with Gasteiger partial charge in [0, 0.05) is 5.22 Å². The van der Waals surface area contributed by atoms with Gasteiger partial charge in [0.25, 0.3) is 0 Å². The SMILES string of the molecule is CCC(C)[Si](C)(C)OC(CC)(CC)[SiH2]C. The lowest BCUT2D eigenvalue weighted by Gasteiger charge is -2.41. The van der Waals surface area contributed by atoms with Crippen LogP contribution in [0, 0.1) is 0 Å². The number of hydrogen-bond donors (Lipinski definition) is 0. The smallest absolute Gasteiger partial charge is 0.189 e. The second kappa shape index (κ2) is 6.21. The first-order valence-electron chi connectivity index (χ1n) is 6.57. The quantitative estimate of drug-likeness (QED) is 0.622. The van der Waals surface area contributed by atoms with Gasteiger partial charge in [-0.25, -0.2) is 0 Å². The van der Waals surface area contributed by atoms with Crippen LogP contribution in [-0.4, -0.2) is 23.1 Å². The molecule has 15 heavy (non-hydrogen) atoms. The third-order valence-electron chi connectivity index (χ3n) is 4.21. The molecule has 0 heterocycles. The van der Waals surface area contributed by atoms with E-state index in [1.165, 1.54) is 19.3 Å². The molecule has 3 heteroatoms. The first kappa shape index (κ1) is 15.4. The van der Waals surface area contributed by atoms with Crippen molar-refractivity contribution in [3.63, 3.8) is 0 Å². The van der Waals surface area contributed by atoms with E-state index in [0.29, 0.717) is 5.22 Å². The maximum absolute atomic E-state index is 6.63. The van der Waals surface area contributed by atoms with Crippen LogP contribution < -0.4 is 0 Å². The lowest BCUT2D eigenvalue weighted by molar-refractivity contribution is 0.129. The van der Waals surface area contributed by atoms with Crippen molar-refractivity contribution in [1.29, 1.82) is 0 Å². The highest BCUT2D eigenvalue weighted by molar-refractivity contribution is 6.73. The van der Waals surface area contributed by atoms with Crippen LogP contribution in [0.1, 0.15) is 47.0 Å². The van der Waals surface area contributed by atoms with Crippen LogP contribution in [0.5, 0.6) is 0 Å². The van der Waals surface area contributed by atoms with Gasteiger partial charge in [0.15, 0.2) is 8.32 Å². The fraction of sp³-hybridized carbons (Fsp3) is 1.00. The van der Waals surface area contributed by atoms with Crippen molar-refractivity contribution in [3.05, 3.63) is 0 Å². The Balaban J connectivity index is 4.65. The second-order valence-corrected chi connectivity index (χ2v) is 11.7. The monoisotopic (exact) mass is 246 g/mol. The van der Waals surface area contributed by atoms with Crippen LogP contribution in [0.15, 0.2) is 0 Å². The average molecular weight is 247 g/mol. The summed E-state index contributed by atoms with van der Waals surface area (Å²) in [4.78, 5) is 0. The molecule has 0 saturated heterocycles. The van der Waals surface area contributed by atoms with Crippen molar-refractivity contribution in [2.45, 2.75) is 77.4 Å². The lowest BCUT2D eigenvalue weighted by Crippen LogP contribution is -2.49. The number of hydrogen-bond acceptors (Lipinski definition) is 1. The zero-order valence-corrected chi connectivity index (χ0v) is 14.2. The molecule has 0 N–H and O–H groups in total. The van der Waals surface area contributed by atoms with E-state index in [9.17, 15) is 0 Å². The highest BCUT2D eigenvalue weighted by Gasteiger charge is 2.37. The topological polar surface area (TPSA) is 9.23 Å². The van der Waals surface area contributed by atoms with Crippen molar-refractivity contribution >= 4 is 17.8 Å². The van der Waals surface area contributed by atoms with Crippen molar-refractivity contribution in [2.24, 2.45) is 0 Å². The molecule has 0 aromatic rings. The van der Waals surface area contributed by atoms with Gasteiger partial charge < -0.3 is 4.43 Å². The van der Waals surface area contributed by atoms with Crippen LogP contribution in [-0.2, 0) is 4.43 Å². The molecule has 0 fully saturated rings. The van der Waals surface area contributed by atoms with Crippen LogP contribution in [0.25, 0.3) is 0 Å². The molecule has 0 aliphatic carbocycles. The lowest BCUT2D eigenvalue weighted by atomic mass is 10.2. The van der Waals surface area contributed by atoms with Crippen LogP contribution in [0.3, 0.4) is 0 Å². The molecule has 0 saturated carbocycles. The van der Waals surface area contributed by atoms with Crippen LogP contribution in [0.4, 0.5) is 0 Å². The van der Waals surface area contributed by atoms with Gasteiger partial charge in [-0.2, -0.15) is 0 Å². The molecule has 0 radical (unpaired) electrons. The molecule has 0 rings (SSSR count). The van der Waals surface area contributed by atoms with Gasteiger partial charge in [-0.3, -0.25) is 0 Å². The summed E-state index contributed by atoms with van der Waals surface area (Å²) in [6.07, 6.45) is 3.67. The molecular formula is C12H30OSi2. The summed E-state index contributed by atoms with van der Waals surface area (Å²) < 4.78 is 6.63. The van der Waals surface area contributed by atoms with Gasteiger partial charge in [0.1, 0.15) is 0 Å². The normalized spacial score (nSPS) is 16.2. The molecule has 1 atom stereocenters. The maximum atomic E-state index is 6.63. The molecule has 0 aliphatic heterocycles. The Morgan fingerprint density at radius 3 is 1.93 bits per heavy atom. The van der Waals surface area contributed by atoms with E-state index in [0.717, 1.165) is 5.54 Å². The first-order valence-corrected chi connectivity index (χ1v) is 11.7. The minimum absolute atomic E-state index is 0.0859. The summed E-state index contributed by atoms with van der Waals surface area (Å²) in [6, 6.07) is 0. The van der Waals surface area contributed by atoms with E-state index >= 15 is 0 Å². The van der Waals surface area contributed by atoms with E-state index < -0.39 is 8.32 Å². The molecular weight excluding hydrogens is 216 g/mol. The molecule has 0 spiro atoms. The van der Waals surface area contributed by atoms with Crippen LogP contribution >= 0.6 is 0 Å². The summed E-state index contributed by atoms with van der Waals surface area (Å²) in [5.74, 6) is 0. The minimum atomic E-state index is -1.47. The molecule has 1 unspecified atom stereocenters. The highest BCUT2D eigenvalue weighted by atomic mass is 28.4. The molecule has 0 bridgehead atoms. The van der Waals surface area contributed by atoms with Gasteiger partial charge in [-0.1, -0.05) is 40.7 Å². The van der Waals surface area contributed by atoms with Gasteiger partial charge in [0.2, 0.25) is 0 Å². The van der Waals surface area contributed by atoms with Gasteiger partial charge in [-0.05, 0) is 31.5 Å². The van der Waals surface area contributed by atoms with Crippen molar-refractivity contribution in [2.75, 3.05) is 0 Å². The highest BCUT2D eigenvalue weighted by Crippen LogP contribution is 2.32. The maximum Gasteiger partial charge on any atom is 0.189 e.